The number of H-pyrrole nitrogens is 1. The van der Waals surface area contributed by atoms with Crippen molar-refractivity contribution in [3.63, 3.8) is 0 Å². The molecule has 2 heterocycles. The van der Waals surface area contributed by atoms with Gasteiger partial charge in [0.1, 0.15) is 12.1 Å². The van der Waals surface area contributed by atoms with E-state index in [2.05, 4.69) is 0 Å². The quantitative estimate of drug-likeness (QED) is 0.797. The summed E-state index contributed by atoms with van der Waals surface area (Å²) in [5.74, 6) is -1.85. The van der Waals surface area contributed by atoms with Crippen LogP contribution in [0, 0.1) is 5.92 Å². The summed E-state index contributed by atoms with van der Waals surface area (Å²) >= 11 is 0. The number of hydrogen-bond acceptors (Lipinski definition) is 4. The molecule has 3 atom stereocenters. The molecule has 2 rings (SSSR count). The molecule has 0 saturated carbocycles. The first-order valence-electron chi connectivity index (χ1n) is 8.40. The Kier molecular flexibility index (Phi) is 5.61. The van der Waals surface area contributed by atoms with E-state index in [9.17, 15) is 22.8 Å². The third kappa shape index (κ3) is 4.47. The molecule has 1 aliphatic heterocycles. The van der Waals surface area contributed by atoms with Gasteiger partial charge in [0.25, 0.3) is 5.56 Å². The SMILES string of the molecule is CC(C)(C)[Si](C)(C)OC[C@@H]1C[C@H](C(F)(F)F)[C@@H](n2ccc(=O)[nH]c2=O)O1. The summed E-state index contributed by atoms with van der Waals surface area (Å²) in [5.41, 5.74) is -1.60. The molecule has 26 heavy (non-hydrogen) atoms. The van der Waals surface area contributed by atoms with E-state index in [4.69, 9.17) is 9.16 Å². The summed E-state index contributed by atoms with van der Waals surface area (Å²) in [6, 6.07) is 0.998. The Labute approximate surface area is 150 Å². The van der Waals surface area contributed by atoms with E-state index in [-0.39, 0.29) is 18.1 Å². The summed E-state index contributed by atoms with van der Waals surface area (Å²) < 4.78 is 52.6. The van der Waals surface area contributed by atoms with E-state index in [1.807, 2.05) is 38.8 Å². The number of nitrogens with zero attached hydrogens (tertiary/aromatic N) is 1. The molecule has 6 nitrogen and oxygen atoms in total. The molecule has 1 aliphatic rings. The number of ether oxygens (including phenoxy) is 1. The normalized spacial score (nSPS) is 24.8. The fourth-order valence-electron chi connectivity index (χ4n) is 2.55. The third-order valence-corrected chi connectivity index (χ3v) is 9.68. The molecule has 1 saturated heterocycles. The van der Waals surface area contributed by atoms with Gasteiger partial charge in [0.15, 0.2) is 8.32 Å². The van der Waals surface area contributed by atoms with E-state index in [1.165, 1.54) is 0 Å². The smallest absolute Gasteiger partial charge is 0.396 e. The lowest BCUT2D eigenvalue weighted by Gasteiger charge is -2.36. The lowest BCUT2D eigenvalue weighted by atomic mass is 10.0. The first kappa shape index (κ1) is 20.9. The van der Waals surface area contributed by atoms with E-state index >= 15 is 0 Å². The highest BCUT2D eigenvalue weighted by atomic mass is 28.4. The van der Waals surface area contributed by atoms with Crippen LogP contribution in [-0.2, 0) is 9.16 Å². The van der Waals surface area contributed by atoms with Crippen molar-refractivity contribution >= 4 is 8.32 Å². The first-order chi connectivity index (χ1) is 11.7. The van der Waals surface area contributed by atoms with Crippen molar-refractivity contribution in [1.29, 1.82) is 0 Å². The van der Waals surface area contributed by atoms with E-state index in [0.717, 1.165) is 16.8 Å². The monoisotopic (exact) mass is 394 g/mol. The molecule has 0 spiro atoms. The maximum absolute atomic E-state index is 13.4. The van der Waals surface area contributed by atoms with Crippen molar-refractivity contribution in [2.45, 2.75) is 63.8 Å². The number of nitrogens with one attached hydrogen (secondary N) is 1. The van der Waals surface area contributed by atoms with Crippen molar-refractivity contribution < 1.29 is 22.3 Å². The first-order valence-corrected chi connectivity index (χ1v) is 11.3. The van der Waals surface area contributed by atoms with Crippen LogP contribution in [0.2, 0.25) is 18.1 Å². The van der Waals surface area contributed by atoms with Crippen LogP contribution in [-0.4, -0.2) is 36.8 Å². The molecule has 0 radical (unpaired) electrons. The van der Waals surface area contributed by atoms with Gasteiger partial charge >= 0.3 is 11.9 Å². The zero-order chi connectivity index (χ0) is 19.9. The molecule has 10 heteroatoms. The maximum atomic E-state index is 13.4. The van der Waals surface area contributed by atoms with Gasteiger partial charge in [-0.3, -0.25) is 14.3 Å². The van der Waals surface area contributed by atoms with Gasteiger partial charge in [-0.05, 0) is 24.6 Å². The summed E-state index contributed by atoms with van der Waals surface area (Å²) in [6.45, 7) is 10.2. The summed E-state index contributed by atoms with van der Waals surface area (Å²) in [4.78, 5) is 25.0. The standard InChI is InChI=1S/C16H25F3N2O4Si/c1-15(2,3)26(4,5)24-9-10-8-11(16(17,18)19)13(25-10)21-7-6-12(22)20-14(21)23/h6-7,10-11,13H,8-9H2,1-5H3,(H,20,22,23)/t10-,11-,13-/m0/s1. The molecule has 0 unspecified atom stereocenters. The summed E-state index contributed by atoms with van der Waals surface area (Å²) in [7, 11) is -2.14. The van der Waals surface area contributed by atoms with Crippen LogP contribution < -0.4 is 11.2 Å². The number of rotatable bonds is 4. The van der Waals surface area contributed by atoms with Gasteiger partial charge < -0.3 is 9.16 Å². The van der Waals surface area contributed by atoms with Gasteiger partial charge in [-0.1, -0.05) is 20.8 Å². The number of hydrogen-bond donors (Lipinski definition) is 1. The Morgan fingerprint density at radius 2 is 1.92 bits per heavy atom. The van der Waals surface area contributed by atoms with Crippen LogP contribution in [0.4, 0.5) is 13.2 Å². The zero-order valence-corrected chi connectivity index (χ0v) is 16.5. The number of alkyl halides is 3. The zero-order valence-electron chi connectivity index (χ0n) is 15.5. The van der Waals surface area contributed by atoms with E-state index in [0.29, 0.717) is 0 Å². The van der Waals surface area contributed by atoms with Crippen LogP contribution >= 0.6 is 0 Å². The number of aromatic amines is 1. The van der Waals surface area contributed by atoms with Gasteiger partial charge in [-0.25, -0.2) is 4.79 Å². The molecular weight excluding hydrogens is 369 g/mol. The van der Waals surface area contributed by atoms with Crippen LogP contribution in [0.25, 0.3) is 0 Å². The maximum Gasteiger partial charge on any atom is 0.396 e. The topological polar surface area (TPSA) is 73.3 Å². The molecular formula is C16H25F3N2O4Si. The Bertz CT molecular complexity index is 751. The largest absolute Gasteiger partial charge is 0.414 e. The van der Waals surface area contributed by atoms with Crippen molar-refractivity contribution in [2.75, 3.05) is 6.61 Å². The lowest BCUT2D eigenvalue weighted by molar-refractivity contribution is -0.198. The fraction of sp³-hybridized carbons (Fsp3) is 0.750. The molecule has 0 bridgehead atoms. The highest BCUT2D eigenvalue weighted by molar-refractivity contribution is 6.74. The van der Waals surface area contributed by atoms with Crippen molar-refractivity contribution in [2.24, 2.45) is 5.92 Å². The second kappa shape index (κ2) is 6.97. The Balaban J connectivity index is 2.22. The van der Waals surface area contributed by atoms with Gasteiger partial charge in [-0.15, -0.1) is 0 Å². The van der Waals surface area contributed by atoms with Crippen molar-refractivity contribution in [3.8, 4) is 0 Å². The molecule has 0 amide bonds. The predicted molar refractivity (Wildman–Crippen MR) is 92.5 cm³/mol. The Morgan fingerprint density at radius 3 is 2.42 bits per heavy atom. The van der Waals surface area contributed by atoms with Crippen molar-refractivity contribution in [3.05, 3.63) is 33.1 Å². The van der Waals surface area contributed by atoms with Crippen LogP contribution in [0.15, 0.2) is 21.9 Å². The lowest BCUT2D eigenvalue weighted by Crippen LogP contribution is -2.42. The Morgan fingerprint density at radius 1 is 1.31 bits per heavy atom. The average molecular weight is 394 g/mol. The molecule has 0 aliphatic carbocycles. The van der Waals surface area contributed by atoms with Gasteiger partial charge in [0.2, 0.25) is 0 Å². The molecule has 1 aromatic heterocycles. The molecule has 1 N–H and O–H groups in total. The predicted octanol–water partition coefficient (Wildman–Crippen LogP) is 3.02. The minimum Gasteiger partial charge on any atom is -0.414 e. The van der Waals surface area contributed by atoms with E-state index < -0.39 is 44.0 Å². The second-order valence-electron chi connectivity index (χ2n) is 8.12. The van der Waals surface area contributed by atoms with E-state index in [1.54, 1.807) is 0 Å². The number of aromatic nitrogens is 2. The molecule has 1 aromatic rings. The summed E-state index contributed by atoms with van der Waals surface area (Å²) in [5, 5.41) is -0.0791. The summed E-state index contributed by atoms with van der Waals surface area (Å²) in [6.07, 6.45) is -6.10. The van der Waals surface area contributed by atoms with Crippen LogP contribution in [0.3, 0.4) is 0 Å². The average Bonchev–Trinajstić information content (AvgIpc) is 2.88. The molecule has 148 valence electrons. The third-order valence-electron chi connectivity index (χ3n) is 5.17. The molecule has 1 fully saturated rings. The second-order valence-corrected chi connectivity index (χ2v) is 12.9. The van der Waals surface area contributed by atoms with Gasteiger partial charge in [0, 0.05) is 12.3 Å². The van der Waals surface area contributed by atoms with Gasteiger partial charge in [0.05, 0.1) is 12.7 Å². The Hall–Kier alpha value is -1.39. The fourth-order valence-corrected chi connectivity index (χ4v) is 3.59. The minimum absolute atomic E-state index is 0.0394. The van der Waals surface area contributed by atoms with Crippen LogP contribution in [0.5, 0.6) is 0 Å². The number of halogens is 3. The van der Waals surface area contributed by atoms with Crippen LogP contribution in [0.1, 0.15) is 33.4 Å². The van der Waals surface area contributed by atoms with Gasteiger partial charge in [-0.2, -0.15) is 13.2 Å². The highest BCUT2D eigenvalue weighted by Gasteiger charge is 2.52. The highest BCUT2D eigenvalue weighted by Crippen LogP contribution is 2.45. The minimum atomic E-state index is -4.54. The molecule has 0 aromatic carbocycles. The van der Waals surface area contributed by atoms with Crippen molar-refractivity contribution in [1.82, 2.24) is 9.55 Å².